The van der Waals surface area contributed by atoms with Crippen molar-refractivity contribution in [3.8, 4) is 5.75 Å². The summed E-state index contributed by atoms with van der Waals surface area (Å²) in [6, 6.07) is 10.4. The normalized spacial score (nSPS) is 11.7. The molecule has 0 bridgehead atoms. The molecule has 1 N–H and O–H groups in total. The molecular weight excluding hydrogens is 342 g/mol. The predicted octanol–water partition coefficient (Wildman–Crippen LogP) is 4.43. The van der Waals surface area contributed by atoms with Crippen LogP contribution in [-0.2, 0) is 6.54 Å². The number of carbonyl (C=O) groups is 1. The van der Waals surface area contributed by atoms with Crippen LogP contribution in [-0.4, -0.2) is 22.0 Å². The first kappa shape index (κ1) is 16.8. The molecule has 0 fully saturated rings. The maximum atomic E-state index is 13.5. The van der Waals surface area contributed by atoms with E-state index in [1.807, 2.05) is 0 Å². The van der Waals surface area contributed by atoms with Crippen molar-refractivity contribution in [1.82, 2.24) is 4.57 Å². The molecule has 0 spiro atoms. The van der Waals surface area contributed by atoms with Gasteiger partial charge in [0.05, 0.1) is 5.52 Å². The van der Waals surface area contributed by atoms with E-state index in [2.05, 4.69) is 4.74 Å². The van der Waals surface area contributed by atoms with Gasteiger partial charge in [-0.15, -0.1) is 13.2 Å². The summed E-state index contributed by atoms with van der Waals surface area (Å²) < 4.78 is 55.2. The van der Waals surface area contributed by atoms with E-state index < -0.39 is 18.1 Å². The first-order valence-corrected chi connectivity index (χ1v) is 7.10. The summed E-state index contributed by atoms with van der Waals surface area (Å²) >= 11 is 0. The molecule has 2 aromatic carbocycles. The average Bonchev–Trinajstić information content (AvgIpc) is 2.86. The van der Waals surface area contributed by atoms with E-state index in [9.17, 15) is 27.5 Å². The van der Waals surface area contributed by atoms with Gasteiger partial charge in [-0.05, 0) is 42.0 Å². The number of hydrogen-bond donors (Lipinski definition) is 1. The number of rotatable bonds is 4. The van der Waals surface area contributed by atoms with E-state index in [-0.39, 0.29) is 18.0 Å². The summed E-state index contributed by atoms with van der Waals surface area (Å²) in [6.45, 7) is 0.0564. The minimum absolute atomic E-state index is 0.0452. The van der Waals surface area contributed by atoms with Gasteiger partial charge in [-0.25, -0.2) is 9.18 Å². The maximum absolute atomic E-state index is 13.5. The largest absolute Gasteiger partial charge is 0.573 e. The van der Waals surface area contributed by atoms with Crippen molar-refractivity contribution < 1.29 is 32.2 Å². The number of hydrogen-bond acceptors (Lipinski definition) is 2. The molecule has 0 saturated carbocycles. The number of aromatic nitrogens is 1. The number of ether oxygens (including phenoxy) is 1. The molecule has 0 aliphatic heterocycles. The maximum Gasteiger partial charge on any atom is 0.573 e. The van der Waals surface area contributed by atoms with Crippen LogP contribution in [0.15, 0.2) is 48.5 Å². The highest BCUT2D eigenvalue weighted by Gasteiger charge is 2.31. The second kappa shape index (κ2) is 6.12. The first-order chi connectivity index (χ1) is 11.7. The SMILES string of the molecule is O=C(O)c1cc2ccc(F)cc2n1Cc1ccc(OC(F)(F)F)cc1. The monoisotopic (exact) mass is 353 g/mol. The summed E-state index contributed by atoms with van der Waals surface area (Å²) in [4.78, 5) is 11.4. The van der Waals surface area contributed by atoms with Gasteiger partial charge in [0.15, 0.2) is 0 Å². The minimum Gasteiger partial charge on any atom is -0.477 e. The Kier molecular flexibility index (Phi) is 4.12. The molecule has 0 aliphatic carbocycles. The molecular formula is C17H11F4NO3. The van der Waals surface area contributed by atoms with Crippen molar-refractivity contribution in [2.24, 2.45) is 0 Å². The number of nitrogens with zero attached hydrogens (tertiary/aromatic N) is 1. The van der Waals surface area contributed by atoms with E-state index in [1.54, 1.807) is 0 Å². The average molecular weight is 353 g/mol. The van der Waals surface area contributed by atoms with Gasteiger partial charge in [0.2, 0.25) is 0 Å². The van der Waals surface area contributed by atoms with Gasteiger partial charge >= 0.3 is 12.3 Å². The number of carboxylic acid groups (broad SMARTS) is 1. The van der Waals surface area contributed by atoms with E-state index in [0.717, 1.165) is 12.1 Å². The van der Waals surface area contributed by atoms with E-state index in [0.29, 0.717) is 16.5 Å². The molecule has 1 aromatic heterocycles. The molecule has 0 unspecified atom stereocenters. The fraction of sp³-hybridized carbons (Fsp3) is 0.118. The van der Waals surface area contributed by atoms with Crippen molar-refractivity contribution in [3.63, 3.8) is 0 Å². The quantitative estimate of drug-likeness (QED) is 0.706. The standard InChI is InChI=1S/C17H11F4NO3/c18-12-4-3-11-7-15(16(23)24)22(14(11)8-12)9-10-1-5-13(6-2-10)25-17(19,20)21/h1-8H,9H2,(H,23,24). The van der Waals surface area contributed by atoms with Crippen LogP contribution in [0.2, 0.25) is 0 Å². The first-order valence-electron chi connectivity index (χ1n) is 7.10. The molecule has 25 heavy (non-hydrogen) atoms. The highest BCUT2D eigenvalue weighted by molar-refractivity contribution is 5.94. The van der Waals surface area contributed by atoms with Crippen molar-refractivity contribution in [3.05, 3.63) is 65.6 Å². The van der Waals surface area contributed by atoms with Gasteiger partial charge in [0.25, 0.3) is 0 Å². The third kappa shape index (κ3) is 3.73. The second-order valence-electron chi connectivity index (χ2n) is 5.32. The predicted molar refractivity (Wildman–Crippen MR) is 81.1 cm³/mol. The lowest BCUT2D eigenvalue weighted by molar-refractivity contribution is -0.274. The minimum atomic E-state index is -4.79. The number of carboxylic acids is 1. The Bertz CT molecular complexity index is 929. The molecule has 8 heteroatoms. The van der Waals surface area contributed by atoms with E-state index in [1.165, 1.54) is 41.0 Å². The second-order valence-corrected chi connectivity index (χ2v) is 5.32. The molecule has 1 heterocycles. The zero-order valence-electron chi connectivity index (χ0n) is 12.5. The fourth-order valence-corrected chi connectivity index (χ4v) is 2.55. The Morgan fingerprint density at radius 2 is 1.76 bits per heavy atom. The topological polar surface area (TPSA) is 51.5 Å². The van der Waals surface area contributed by atoms with Gasteiger partial charge in [0, 0.05) is 11.9 Å². The number of benzene rings is 2. The Morgan fingerprint density at radius 3 is 2.36 bits per heavy atom. The van der Waals surface area contributed by atoms with Crippen LogP contribution in [0.4, 0.5) is 17.6 Å². The van der Waals surface area contributed by atoms with Crippen LogP contribution in [0, 0.1) is 5.82 Å². The fourth-order valence-electron chi connectivity index (χ4n) is 2.55. The number of fused-ring (bicyclic) bond motifs is 1. The van der Waals surface area contributed by atoms with Crippen molar-refractivity contribution in [1.29, 1.82) is 0 Å². The molecule has 0 radical (unpaired) electrons. The van der Waals surface area contributed by atoms with Gasteiger partial charge < -0.3 is 14.4 Å². The smallest absolute Gasteiger partial charge is 0.477 e. The van der Waals surface area contributed by atoms with Crippen LogP contribution in [0.1, 0.15) is 16.1 Å². The Morgan fingerprint density at radius 1 is 1.08 bits per heavy atom. The number of aromatic carboxylic acids is 1. The highest BCUT2D eigenvalue weighted by Crippen LogP contribution is 2.25. The zero-order valence-corrected chi connectivity index (χ0v) is 12.5. The van der Waals surface area contributed by atoms with Crippen LogP contribution < -0.4 is 4.74 Å². The molecule has 3 aromatic rings. The van der Waals surface area contributed by atoms with Gasteiger partial charge in [0.1, 0.15) is 17.3 Å². The number of halogens is 4. The van der Waals surface area contributed by atoms with Gasteiger partial charge in [-0.2, -0.15) is 0 Å². The van der Waals surface area contributed by atoms with Gasteiger partial charge in [-0.1, -0.05) is 12.1 Å². The molecule has 4 nitrogen and oxygen atoms in total. The van der Waals surface area contributed by atoms with Gasteiger partial charge in [-0.3, -0.25) is 0 Å². The van der Waals surface area contributed by atoms with Crippen molar-refractivity contribution in [2.75, 3.05) is 0 Å². The Balaban J connectivity index is 1.95. The molecule has 0 aliphatic rings. The summed E-state index contributed by atoms with van der Waals surface area (Å²) in [5.74, 6) is -2.08. The zero-order chi connectivity index (χ0) is 18.2. The van der Waals surface area contributed by atoms with Crippen molar-refractivity contribution in [2.45, 2.75) is 12.9 Å². The van der Waals surface area contributed by atoms with Crippen LogP contribution in [0.25, 0.3) is 10.9 Å². The van der Waals surface area contributed by atoms with Crippen LogP contribution in [0.5, 0.6) is 5.75 Å². The third-order valence-electron chi connectivity index (χ3n) is 3.58. The lowest BCUT2D eigenvalue weighted by Gasteiger charge is -2.11. The lowest BCUT2D eigenvalue weighted by atomic mass is 10.2. The molecule has 0 atom stereocenters. The number of alkyl halides is 3. The summed E-state index contributed by atoms with van der Waals surface area (Å²) in [7, 11) is 0. The van der Waals surface area contributed by atoms with E-state index in [4.69, 9.17) is 0 Å². The third-order valence-corrected chi connectivity index (χ3v) is 3.58. The molecule has 3 rings (SSSR count). The molecule has 0 amide bonds. The summed E-state index contributed by atoms with van der Waals surface area (Å²) in [5, 5.41) is 9.88. The molecule has 130 valence electrons. The van der Waals surface area contributed by atoms with E-state index >= 15 is 0 Å². The van der Waals surface area contributed by atoms with Crippen LogP contribution >= 0.6 is 0 Å². The Labute approximate surface area is 138 Å². The Hall–Kier alpha value is -3.03. The van der Waals surface area contributed by atoms with Crippen LogP contribution in [0.3, 0.4) is 0 Å². The highest BCUT2D eigenvalue weighted by atomic mass is 19.4. The summed E-state index contributed by atoms with van der Waals surface area (Å²) in [5.41, 5.74) is 0.878. The lowest BCUT2D eigenvalue weighted by Crippen LogP contribution is -2.17. The molecule has 0 saturated heterocycles. The summed E-state index contributed by atoms with van der Waals surface area (Å²) in [6.07, 6.45) is -4.79. The van der Waals surface area contributed by atoms with Crippen molar-refractivity contribution >= 4 is 16.9 Å².